The van der Waals surface area contributed by atoms with Crippen LogP contribution in [-0.2, 0) is 5.41 Å². The molecule has 134 valence electrons. The molecule has 0 spiro atoms. The van der Waals surface area contributed by atoms with E-state index in [-0.39, 0.29) is 5.82 Å². The van der Waals surface area contributed by atoms with Gasteiger partial charge in [0.1, 0.15) is 10.4 Å². The summed E-state index contributed by atoms with van der Waals surface area (Å²) in [6, 6.07) is 10.6. The van der Waals surface area contributed by atoms with Crippen molar-refractivity contribution >= 4 is 27.2 Å². The Hall–Kier alpha value is -2.21. The SMILES string of the molecule is CC1(C)c2c(F)cccc2C(c2cnn3c(Br)ccc3c2)=[N+]([O-])C1(C)C. The Morgan fingerprint density at radius 3 is 2.62 bits per heavy atom. The second-order valence-electron chi connectivity index (χ2n) is 7.73. The van der Waals surface area contributed by atoms with Crippen molar-refractivity contribution in [2.75, 3.05) is 0 Å². The van der Waals surface area contributed by atoms with E-state index in [0.29, 0.717) is 22.4 Å². The van der Waals surface area contributed by atoms with Crippen LogP contribution in [0, 0.1) is 11.0 Å². The van der Waals surface area contributed by atoms with Gasteiger partial charge in [0, 0.05) is 19.4 Å². The van der Waals surface area contributed by atoms with Crippen LogP contribution in [0.2, 0.25) is 0 Å². The molecular weight excluding hydrogens is 397 g/mol. The average Bonchev–Trinajstić information content (AvgIpc) is 2.94. The molecule has 1 aliphatic rings. The summed E-state index contributed by atoms with van der Waals surface area (Å²) in [6.45, 7) is 7.55. The summed E-state index contributed by atoms with van der Waals surface area (Å²) in [7, 11) is 0. The summed E-state index contributed by atoms with van der Waals surface area (Å²) >= 11 is 3.44. The zero-order valence-corrected chi connectivity index (χ0v) is 16.6. The van der Waals surface area contributed by atoms with Crippen molar-refractivity contribution in [3.05, 3.63) is 74.9 Å². The first-order chi connectivity index (χ1) is 12.2. The van der Waals surface area contributed by atoms with E-state index >= 15 is 0 Å². The molecule has 26 heavy (non-hydrogen) atoms. The number of fused-ring (bicyclic) bond motifs is 2. The highest BCUT2D eigenvalue weighted by molar-refractivity contribution is 9.10. The average molecular weight is 416 g/mol. The highest BCUT2D eigenvalue weighted by Crippen LogP contribution is 2.44. The normalized spacial score (nSPS) is 18.2. The number of hydroxylamine groups is 1. The lowest BCUT2D eigenvalue weighted by Gasteiger charge is -2.44. The van der Waals surface area contributed by atoms with Gasteiger partial charge in [-0.1, -0.05) is 6.07 Å². The summed E-state index contributed by atoms with van der Waals surface area (Å²) in [6.07, 6.45) is 1.65. The first kappa shape index (κ1) is 17.2. The zero-order chi connectivity index (χ0) is 18.9. The van der Waals surface area contributed by atoms with Crippen LogP contribution in [0.5, 0.6) is 0 Å². The summed E-state index contributed by atoms with van der Waals surface area (Å²) in [5.74, 6) is -0.286. The fraction of sp³-hybridized carbons (Fsp3) is 0.300. The molecule has 0 atom stereocenters. The van der Waals surface area contributed by atoms with Crippen molar-refractivity contribution in [3.63, 3.8) is 0 Å². The Balaban J connectivity index is 2.07. The minimum absolute atomic E-state index is 0.286. The van der Waals surface area contributed by atoms with Crippen molar-refractivity contribution < 1.29 is 9.13 Å². The van der Waals surface area contributed by atoms with Crippen molar-refractivity contribution in [3.8, 4) is 0 Å². The molecule has 0 unspecified atom stereocenters. The first-order valence-electron chi connectivity index (χ1n) is 8.43. The Morgan fingerprint density at radius 2 is 1.88 bits per heavy atom. The first-order valence-corrected chi connectivity index (χ1v) is 9.23. The van der Waals surface area contributed by atoms with E-state index in [0.717, 1.165) is 14.9 Å². The lowest BCUT2D eigenvalue weighted by atomic mass is 9.65. The molecule has 0 fully saturated rings. The minimum atomic E-state index is -0.827. The number of halogens is 2. The molecule has 0 bridgehead atoms. The van der Waals surface area contributed by atoms with Gasteiger partial charge in [0.25, 0.3) is 0 Å². The predicted octanol–water partition coefficient (Wildman–Crippen LogP) is 4.65. The molecule has 0 saturated carbocycles. The topological polar surface area (TPSA) is 43.4 Å². The summed E-state index contributed by atoms with van der Waals surface area (Å²) in [5, 5.41) is 17.8. The highest BCUT2D eigenvalue weighted by atomic mass is 79.9. The second kappa shape index (κ2) is 5.39. The van der Waals surface area contributed by atoms with E-state index < -0.39 is 11.0 Å². The summed E-state index contributed by atoms with van der Waals surface area (Å²) in [4.78, 5) is 0. The van der Waals surface area contributed by atoms with Gasteiger partial charge < -0.3 is 5.21 Å². The Kier molecular flexibility index (Phi) is 3.57. The highest BCUT2D eigenvalue weighted by Gasteiger charge is 2.53. The molecule has 2 aromatic heterocycles. The summed E-state index contributed by atoms with van der Waals surface area (Å²) < 4.78 is 18.4. The van der Waals surface area contributed by atoms with E-state index in [1.165, 1.54) is 6.07 Å². The quantitative estimate of drug-likeness (QED) is 0.428. The lowest BCUT2D eigenvalue weighted by molar-refractivity contribution is -0.555. The van der Waals surface area contributed by atoms with Crippen molar-refractivity contribution in [2.45, 2.75) is 38.6 Å². The maximum Gasteiger partial charge on any atom is 0.228 e. The third-order valence-corrected chi connectivity index (χ3v) is 6.46. The molecule has 0 aliphatic carbocycles. The van der Waals surface area contributed by atoms with Crippen molar-refractivity contribution in [2.24, 2.45) is 0 Å². The van der Waals surface area contributed by atoms with E-state index in [9.17, 15) is 9.60 Å². The number of hydrogen-bond donors (Lipinski definition) is 0. The van der Waals surface area contributed by atoms with Crippen LogP contribution < -0.4 is 0 Å². The Bertz CT molecular complexity index is 1080. The van der Waals surface area contributed by atoms with Gasteiger partial charge in [-0.15, -0.1) is 0 Å². The van der Waals surface area contributed by atoms with Crippen LogP contribution in [0.4, 0.5) is 4.39 Å². The molecule has 0 N–H and O–H groups in total. The maximum atomic E-state index is 14.8. The largest absolute Gasteiger partial charge is 0.623 e. The molecule has 0 saturated heterocycles. The molecule has 0 amide bonds. The van der Waals surface area contributed by atoms with Gasteiger partial charge >= 0.3 is 0 Å². The van der Waals surface area contributed by atoms with Crippen LogP contribution in [0.15, 0.2) is 47.2 Å². The standard InChI is InChI=1S/C20H19BrFN3O/c1-19(2)17-14(6-5-7-15(17)22)18(25(26)20(19,3)4)12-10-13-8-9-16(21)24(13)23-11-12/h5-11H,1-4H3. The Morgan fingerprint density at radius 1 is 1.15 bits per heavy atom. The molecule has 4 rings (SSSR count). The van der Waals surface area contributed by atoms with E-state index in [4.69, 9.17) is 0 Å². The molecule has 3 aromatic rings. The van der Waals surface area contributed by atoms with Crippen LogP contribution in [0.25, 0.3) is 5.52 Å². The van der Waals surface area contributed by atoms with Crippen LogP contribution in [0.1, 0.15) is 44.4 Å². The maximum absolute atomic E-state index is 14.8. The van der Waals surface area contributed by atoms with Crippen molar-refractivity contribution in [1.82, 2.24) is 9.61 Å². The predicted molar refractivity (Wildman–Crippen MR) is 103 cm³/mol. The van der Waals surface area contributed by atoms with Gasteiger partial charge in [-0.3, -0.25) is 0 Å². The van der Waals surface area contributed by atoms with Gasteiger partial charge in [-0.25, -0.2) is 8.91 Å². The molecule has 1 aliphatic heterocycles. The van der Waals surface area contributed by atoms with E-state index in [1.54, 1.807) is 16.8 Å². The monoisotopic (exact) mass is 415 g/mol. The number of benzene rings is 1. The second-order valence-corrected chi connectivity index (χ2v) is 8.54. The van der Waals surface area contributed by atoms with Gasteiger partial charge in [-0.05, 0) is 60.1 Å². The van der Waals surface area contributed by atoms with Gasteiger partial charge in [0.05, 0.1) is 28.3 Å². The third kappa shape index (κ3) is 2.11. The lowest BCUT2D eigenvalue weighted by Crippen LogP contribution is -2.56. The fourth-order valence-electron chi connectivity index (χ4n) is 3.67. The molecular formula is C20H19BrFN3O. The summed E-state index contributed by atoms with van der Waals surface area (Å²) in [5.41, 5.74) is 1.70. The van der Waals surface area contributed by atoms with Crippen molar-refractivity contribution in [1.29, 1.82) is 0 Å². The smallest absolute Gasteiger partial charge is 0.228 e. The number of aromatic nitrogens is 2. The van der Waals surface area contributed by atoms with Gasteiger partial charge in [0.15, 0.2) is 5.54 Å². The van der Waals surface area contributed by atoms with Crippen LogP contribution in [0.3, 0.4) is 0 Å². The number of nitrogens with zero attached hydrogens (tertiary/aromatic N) is 3. The fourth-order valence-corrected chi connectivity index (χ4v) is 4.10. The van der Waals surface area contributed by atoms with Gasteiger partial charge in [-0.2, -0.15) is 9.84 Å². The van der Waals surface area contributed by atoms with E-state index in [2.05, 4.69) is 21.0 Å². The molecule has 3 heterocycles. The molecule has 4 nitrogen and oxygen atoms in total. The molecule has 6 heteroatoms. The number of hydrogen-bond acceptors (Lipinski definition) is 2. The number of rotatable bonds is 1. The third-order valence-electron chi connectivity index (χ3n) is 5.86. The zero-order valence-electron chi connectivity index (χ0n) is 15.0. The molecule has 1 aromatic carbocycles. The minimum Gasteiger partial charge on any atom is -0.623 e. The van der Waals surface area contributed by atoms with E-state index in [1.807, 2.05) is 52.0 Å². The van der Waals surface area contributed by atoms with Crippen LogP contribution >= 0.6 is 15.9 Å². The molecule has 0 radical (unpaired) electrons. The van der Waals surface area contributed by atoms with Crippen LogP contribution in [-0.4, -0.2) is 25.6 Å². The van der Waals surface area contributed by atoms with Gasteiger partial charge in [0.2, 0.25) is 5.71 Å². The Labute approximate surface area is 159 Å².